The molecule has 0 aromatic carbocycles. The van der Waals surface area contributed by atoms with Crippen LogP contribution in [-0.2, 0) is 10.0 Å². The predicted molar refractivity (Wildman–Crippen MR) is 40.5 cm³/mol. The van der Waals surface area contributed by atoms with Gasteiger partial charge in [0, 0.05) is 11.8 Å². The number of hydrogen-bond acceptors (Lipinski definition) is 3. The van der Waals surface area contributed by atoms with Crippen LogP contribution >= 0.6 is 0 Å². The Morgan fingerprint density at radius 1 is 1.43 bits per heavy atom. The normalized spacial score (nSPS) is 12.1. The topological polar surface area (TPSA) is 73.1 Å². The molecule has 8 heteroatoms. The summed E-state index contributed by atoms with van der Waals surface area (Å²) in [6.45, 7) is 0. The zero-order chi connectivity index (χ0) is 10.9. The first-order valence-corrected chi connectivity index (χ1v) is 4.84. The molecule has 0 spiro atoms. The van der Waals surface area contributed by atoms with Crippen molar-refractivity contribution in [2.45, 2.75) is 11.3 Å². The van der Waals surface area contributed by atoms with Gasteiger partial charge in [0.05, 0.1) is 0 Å². The van der Waals surface area contributed by atoms with E-state index in [1.54, 1.807) is 0 Å². The summed E-state index contributed by atoms with van der Waals surface area (Å²) in [6, 6.07) is 0.702. The molecule has 14 heavy (non-hydrogen) atoms. The fourth-order valence-electron chi connectivity index (χ4n) is 0.890. The van der Waals surface area contributed by atoms with Crippen LogP contribution in [0.3, 0.4) is 0 Å². The number of rotatable bonds is 2. The molecule has 1 aromatic rings. The van der Waals surface area contributed by atoms with Gasteiger partial charge in [0.2, 0.25) is 16.0 Å². The Bertz CT molecular complexity index is 446. The number of aromatic nitrogens is 1. The Morgan fingerprint density at radius 2 is 2.00 bits per heavy atom. The average Bonchev–Trinajstić information content (AvgIpc) is 2.01. The molecule has 78 valence electrons. The number of primary sulfonamides is 1. The van der Waals surface area contributed by atoms with E-state index in [2.05, 4.69) is 10.1 Å². The number of nitrogens with two attached hydrogens (primary N) is 1. The maximum Gasteiger partial charge on any atom is 0.265 e. The summed E-state index contributed by atoms with van der Waals surface area (Å²) in [5.41, 5.74) is -0.986. The van der Waals surface area contributed by atoms with Crippen LogP contribution in [0.2, 0.25) is 0 Å². The van der Waals surface area contributed by atoms with E-state index in [4.69, 9.17) is 0 Å². The molecule has 0 unspecified atom stereocenters. The molecule has 0 saturated carbocycles. The standard InChI is InChI=1S/C6H5F3N2O2S/c7-5(8)3-1-2-11-6(9)4(3)14(10,12)13/h1-2,5H,(H2,10,12,13). The minimum absolute atomic E-state index is 0.702. The van der Waals surface area contributed by atoms with Crippen LogP contribution in [0.5, 0.6) is 0 Å². The third-order valence-electron chi connectivity index (χ3n) is 1.41. The van der Waals surface area contributed by atoms with Crippen molar-refractivity contribution in [3.8, 4) is 0 Å². The van der Waals surface area contributed by atoms with Crippen molar-refractivity contribution in [2.75, 3.05) is 0 Å². The van der Waals surface area contributed by atoms with E-state index >= 15 is 0 Å². The molecular weight excluding hydrogens is 221 g/mol. The van der Waals surface area contributed by atoms with Crippen LogP contribution in [0, 0.1) is 5.95 Å². The Morgan fingerprint density at radius 3 is 2.36 bits per heavy atom. The third kappa shape index (κ3) is 2.02. The number of pyridine rings is 1. The lowest BCUT2D eigenvalue weighted by molar-refractivity contribution is 0.146. The lowest BCUT2D eigenvalue weighted by Gasteiger charge is -2.05. The van der Waals surface area contributed by atoms with Gasteiger partial charge in [0.15, 0.2) is 0 Å². The van der Waals surface area contributed by atoms with Crippen LogP contribution < -0.4 is 5.14 Å². The molecule has 0 amide bonds. The van der Waals surface area contributed by atoms with E-state index < -0.39 is 32.9 Å². The number of halogens is 3. The van der Waals surface area contributed by atoms with E-state index in [1.807, 2.05) is 0 Å². The van der Waals surface area contributed by atoms with E-state index in [9.17, 15) is 21.6 Å². The lowest BCUT2D eigenvalue weighted by Crippen LogP contribution is -2.17. The molecule has 1 rings (SSSR count). The van der Waals surface area contributed by atoms with Crippen LogP contribution in [-0.4, -0.2) is 13.4 Å². The van der Waals surface area contributed by atoms with Gasteiger partial charge < -0.3 is 0 Å². The predicted octanol–water partition coefficient (Wildman–Crippen LogP) is 0.806. The Labute approximate surface area is 77.6 Å². The first-order chi connectivity index (χ1) is 6.34. The van der Waals surface area contributed by atoms with Gasteiger partial charge in [0.1, 0.15) is 4.90 Å². The molecule has 2 N–H and O–H groups in total. The molecule has 1 heterocycles. The third-order valence-corrected chi connectivity index (χ3v) is 2.38. The minimum atomic E-state index is -4.53. The number of hydrogen-bond donors (Lipinski definition) is 1. The second-order valence-corrected chi connectivity index (χ2v) is 3.86. The van der Waals surface area contributed by atoms with Crippen molar-refractivity contribution in [2.24, 2.45) is 5.14 Å². The van der Waals surface area contributed by atoms with E-state index in [0.29, 0.717) is 6.07 Å². The molecule has 0 aliphatic rings. The van der Waals surface area contributed by atoms with E-state index in [0.717, 1.165) is 6.20 Å². The molecule has 0 atom stereocenters. The van der Waals surface area contributed by atoms with Crippen molar-refractivity contribution < 1.29 is 21.6 Å². The van der Waals surface area contributed by atoms with Crippen LogP contribution in [0.25, 0.3) is 0 Å². The number of sulfonamides is 1. The summed E-state index contributed by atoms with van der Waals surface area (Å²) in [5.74, 6) is -1.52. The quantitative estimate of drug-likeness (QED) is 0.758. The average molecular weight is 226 g/mol. The fraction of sp³-hybridized carbons (Fsp3) is 0.167. The highest BCUT2D eigenvalue weighted by Gasteiger charge is 2.25. The van der Waals surface area contributed by atoms with Crippen molar-refractivity contribution in [3.05, 3.63) is 23.8 Å². The van der Waals surface area contributed by atoms with Crippen LogP contribution in [0.4, 0.5) is 13.2 Å². The van der Waals surface area contributed by atoms with Crippen molar-refractivity contribution in [1.82, 2.24) is 4.98 Å². The highest BCUT2D eigenvalue weighted by Crippen LogP contribution is 2.26. The monoisotopic (exact) mass is 226 g/mol. The lowest BCUT2D eigenvalue weighted by atomic mass is 10.3. The summed E-state index contributed by atoms with van der Waals surface area (Å²) in [5, 5.41) is 4.56. The molecule has 0 bridgehead atoms. The first kappa shape index (κ1) is 10.9. The second-order valence-electron chi connectivity index (χ2n) is 2.37. The van der Waals surface area contributed by atoms with Crippen molar-refractivity contribution in [1.29, 1.82) is 0 Å². The molecule has 0 radical (unpaired) electrons. The van der Waals surface area contributed by atoms with Gasteiger partial charge in [-0.2, -0.15) is 4.39 Å². The molecule has 0 fully saturated rings. The van der Waals surface area contributed by atoms with E-state index in [-0.39, 0.29) is 0 Å². The molecule has 0 aliphatic carbocycles. The highest BCUT2D eigenvalue weighted by molar-refractivity contribution is 7.89. The molecule has 4 nitrogen and oxygen atoms in total. The summed E-state index contributed by atoms with van der Waals surface area (Å²) in [6.07, 6.45) is -2.38. The molecule has 0 aliphatic heterocycles. The Hall–Kier alpha value is -1.15. The second kappa shape index (κ2) is 3.54. The fourth-order valence-corrected chi connectivity index (χ4v) is 1.66. The molecular formula is C6H5F3N2O2S. The first-order valence-electron chi connectivity index (χ1n) is 3.29. The van der Waals surface area contributed by atoms with Gasteiger partial charge in [-0.1, -0.05) is 0 Å². The summed E-state index contributed by atoms with van der Waals surface area (Å²) in [4.78, 5) is 1.67. The SMILES string of the molecule is NS(=O)(=O)c1c(C(F)F)ccnc1F. The zero-order valence-electron chi connectivity index (χ0n) is 6.62. The minimum Gasteiger partial charge on any atom is -0.227 e. The van der Waals surface area contributed by atoms with Gasteiger partial charge in [-0.3, -0.25) is 0 Å². The Balaban J connectivity index is 3.54. The molecule has 1 aromatic heterocycles. The summed E-state index contributed by atoms with van der Waals surface area (Å²) in [7, 11) is -4.53. The summed E-state index contributed by atoms with van der Waals surface area (Å²) >= 11 is 0. The van der Waals surface area contributed by atoms with Crippen molar-refractivity contribution >= 4 is 10.0 Å². The number of nitrogens with zero attached hydrogens (tertiary/aromatic N) is 1. The summed E-state index contributed by atoms with van der Waals surface area (Å²) < 4.78 is 58.7. The van der Waals surface area contributed by atoms with Crippen LogP contribution in [0.15, 0.2) is 17.2 Å². The van der Waals surface area contributed by atoms with Gasteiger partial charge in [-0.15, -0.1) is 0 Å². The van der Waals surface area contributed by atoms with Crippen LogP contribution in [0.1, 0.15) is 12.0 Å². The van der Waals surface area contributed by atoms with Gasteiger partial charge in [0.25, 0.3) is 6.43 Å². The van der Waals surface area contributed by atoms with Gasteiger partial charge in [-0.05, 0) is 6.07 Å². The van der Waals surface area contributed by atoms with Gasteiger partial charge in [-0.25, -0.2) is 27.3 Å². The smallest absolute Gasteiger partial charge is 0.227 e. The zero-order valence-corrected chi connectivity index (χ0v) is 7.43. The van der Waals surface area contributed by atoms with E-state index in [1.165, 1.54) is 0 Å². The maximum absolute atomic E-state index is 12.8. The largest absolute Gasteiger partial charge is 0.265 e. The number of alkyl halides is 2. The van der Waals surface area contributed by atoms with Crippen molar-refractivity contribution in [3.63, 3.8) is 0 Å². The van der Waals surface area contributed by atoms with Gasteiger partial charge >= 0.3 is 0 Å². The maximum atomic E-state index is 12.8. The highest BCUT2D eigenvalue weighted by atomic mass is 32.2. The molecule has 0 saturated heterocycles. The Kier molecular flexibility index (Phi) is 2.76.